The molecule has 1 heterocycles. The zero-order valence-corrected chi connectivity index (χ0v) is 41.3. The van der Waals surface area contributed by atoms with Crippen LogP contribution in [-0.2, 0) is 10.8 Å². The van der Waals surface area contributed by atoms with Gasteiger partial charge in [-0.1, -0.05) is 255 Å². The van der Waals surface area contributed by atoms with Gasteiger partial charge in [-0.3, -0.25) is 0 Å². The first-order valence-corrected chi connectivity index (χ1v) is 26.3. The van der Waals surface area contributed by atoms with Crippen LogP contribution in [0.25, 0.3) is 90.3 Å². The SMILES string of the molecule is C(=C(c1ccc2c(c1)C1(c3ccccc3-c3ccccc31)c1ccccc1-2)c1ccc2c(c1)C1(c3ccccc3-c3ccccc31)c1ccccc1-2)c1ccc(-c2nc(-c3ccccc3)nc(-c3ccccc3)n2)cc1. The van der Waals surface area contributed by atoms with Crippen molar-refractivity contribution >= 4 is 11.6 Å². The van der Waals surface area contributed by atoms with E-state index in [1.807, 2.05) is 36.4 Å². The lowest BCUT2D eigenvalue weighted by molar-refractivity contribution is 0.792. The van der Waals surface area contributed by atoms with Crippen LogP contribution in [0.5, 0.6) is 0 Å². The van der Waals surface area contributed by atoms with Crippen LogP contribution < -0.4 is 0 Å². The molecule has 0 saturated carbocycles. The van der Waals surface area contributed by atoms with Gasteiger partial charge in [-0.05, 0) is 129 Å². The third kappa shape index (κ3) is 5.91. The molecule has 16 rings (SSSR count). The average molecular weight is 964 g/mol. The molecule has 0 radical (unpaired) electrons. The van der Waals surface area contributed by atoms with E-state index in [1.165, 1.54) is 89.0 Å². The molecule has 3 nitrogen and oxygen atoms in total. The second-order valence-electron chi connectivity index (χ2n) is 20.5. The standard InChI is InChI=1S/C73H45N3/c1-3-19-47(20-4-1)69-74-70(48-21-5-2-6-22-48)76-71(75-69)49-37-35-46(36-38-49)43-60(50-39-41-58-56-27-11-17-33-65(56)72(67(58)44-50)61-29-13-7-23-52(61)53-24-8-14-30-62(53)72)51-40-42-59-57-28-12-18-34-66(57)73(68(59)45-51)63-31-15-9-25-54(63)55-26-10-16-32-64(55)73/h1-45H. The monoisotopic (exact) mass is 963 g/mol. The summed E-state index contributed by atoms with van der Waals surface area (Å²) in [6.45, 7) is 0. The maximum absolute atomic E-state index is 5.08. The molecule has 0 bridgehead atoms. The van der Waals surface area contributed by atoms with Crippen LogP contribution in [0.15, 0.2) is 267 Å². The molecule has 1 aromatic heterocycles. The summed E-state index contributed by atoms with van der Waals surface area (Å²) in [5.74, 6) is 1.91. The van der Waals surface area contributed by atoms with E-state index in [9.17, 15) is 0 Å². The first-order chi connectivity index (χ1) is 37.7. The molecule has 0 atom stereocenters. The molecule has 0 aliphatic heterocycles. The van der Waals surface area contributed by atoms with Gasteiger partial charge < -0.3 is 0 Å². The van der Waals surface area contributed by atoms with Crippen LogP contribution in [0.1, 0.15) is 61.2 Å². The van der Waals surface area contributed by atoms with Gasteiger partial charge in [-0.2, -0.15) is 0 Å². The molecule has 0 unspecified atom stereocenters. The number of fused-ring (bicyclic) bond motifs is 20. The molecular formula is C73H45N3. The summed E-state index contributed by atoms with van der Waals surface area (Å²) >= 11 is 0. The Bertz CT molecular complexity index is 4020. The zero-order valence-electron chi connectivity index (χ0n) is 41.3. The van der Waals surface area contributed by atoms with E-state index >= 15 is 0 Å². The quantitative estimate of drug-likeness (QED) is 0.156. The highest BCUT2D eigenvalue weighted by molar-refractivity contribution is 6.00. The van der Waals surface area contributed by atoms with Gasteiger partial charge in [-0.25, -0.2) is 15.0 Å². The van der Waals surface area contributed by atoms with Crippen molar-refractivity contribution < 1.29 is 0 Å². The lowest BCUT2D eigenvalue weighted by Crippen LogP contribution is -2.26. The van der Waals surface area contributed by atoms with Crippen molar-refractivity contribution in [1.82, 2.24) is 15.0 Å². The van der Waals surface area contributed by atoms with Gasteiger partial charge >= 0.3 is 0 Å². The van der Waals surface area contributed by atoms with Gasteiger partial charge in [0.2, 0.25) is 0 Å². The van der Waals surface area contributed by atoms with Gasteiger partial charge in [0.1, 0.15) is 0 Å². The Morgan fingerprint density at radius 2 is 0.526 bits per heavy atom. The normalized spacial score (nSPS) is 13.7. The molecule has 11 aromatic carbocycles. The van der Waals surface area contributed by atoms with Gasteiger partial charge in [0.15, 0.2) is 17.5 Å². The van der Waals surface area contributed by atoms with Crippen LogP contribution in [-0.4, -0.2) is 15.0 Å². The van der Waals surface area contributed by atoms with Crippen molar-refractivity contribution in [2.24, 2.45) is 0 Å². The Balaban J connectivity index is 0.917. The van der Waals surface area contributed by atoms with Crippen molar-refractivity contribution in [3.8, 4) is 78.7 Å². The summed E-state index contributed by atoms with van der Waals surface area (Å²) in [6.07, 6.45) is 2.39. The van der Waals surface area contributed by atoms with E-state index in [0.29, 0.717) is 17.5 Å². The molecule has 0 saturated heterocycles. The molecule has 76 heavy (non-hydrogen) atoms. The minimum absolute atomic E-state index is 0.482. The Labute approximate surface area is 441 Å². The minimum atomic E-state index is -0.482. The first-order valence-electron chi connectivity index (χ1n) is 26.3. The third-order valence-electron chi connectivity index (χ3n) is 16.8. The number of hydrogen-bond acceptors (Lipinski definition) is 3. The predicted octanol–water partition coefficient (Wildman–Crippen LogP) is 17.1. The molecule has 4 aliphatic rings. The lowest BCUT2D eigenvalue weighted by atomic mass is 9.69. The fourth-order valence-electron chi connectivity index (χ4n) is 13.7. The largest absolute Gasteiger partial charge is 0.208 e. The summed E-state index contributed by atoms with van der Waals surface area (Å²) in [5.41, 5.74) is 27.3. The van der Waals surface area contributed by atoms with Gasteiger partial charge in [0, 0.05) is 16.7 Å². The molecule has 0 N–H and O–H groups in total. The molecule has 4 aliphatic carbocycles. The highest BCUT2D eigenvalue weighted by atomic mass is 15.0. The van der Waals surface area contributed by atoms with Crippen molar-refractivity contribution in [3.05, 3.63) is 328 Å². The van der Waals surface area contributed by atoms with Crippen LogP contribution >= 0.6 is 0 Å². The summed E-state index contributed by atoms with van der Waals surface area (Å²) in [7, 11) is 0. The van der Waals surface area contributed by atoms with Gasteiger partial charge in [-0.15, -0.1) is 0 Å². The number of benzene rings is 11. The zero-order chi connectivity index (χ0) is 50.0. The summed E-state index contributed by atoms with van der Waals surface area (Å²) in [4.78, 5) is 15.1. The van der Waals surface area contributed by atoms with E-state index < -0.39 is 10.8 Å². The smallest absolute Gasteiger partial charge is 0.164 e. The summed E-state index contributed by atoms with van der Waals surface area (Å²) in [6, 6.07) is 98.1. The topological polar surface area (TPSA) is 38.7 Å². The van der Waals surface area contributed by atoms with Crippen LogP contribution in [0, 0.1) is 0 Å². The molecule has 0 amide bonds. The number of aromatic nitrogens is 3. The minimum Gasteiger partial charge on any atom is -0.208 e. The third-order valence-corrected chi connectivity index (χ3v) is 16.8. The second kappa shape index (κ2) is 16.3. The van der Waals surface area contributed by atoms with Gasteiger partial charge in [0.05, 0.1) is 10.8 Å². The molecule has 3 heteroatoms. The number of hydrogen-bond donors (Lipinski definition) is 0. The van der Waals surface area contributed by atoms with Crippen molar-refractivity contribution in [1.29, 1.82) is 0 Å². The molecular weight excluding hydrogens is 919 g/mol. The highest BCUT2D eigenvalue weighted by Gasteiger charge is 2.53. The average Bonchev–Trinajstić information content (AvgIpc) is 4.38. The Kier molecular flexibility index (Phi) is 9.17. The Hall–Kier alpha value is -9.83. The van der Waals surface area contributed by atoms with E-state index in [-0.39, 0.29) is 0 Å². The maximum Gasteiger partial charge on any atom is 0.164 e. The molecule has 2 spiro atoms. The van der Waals surface area contributed by atoms with Crippen molar-refractivity contribution in [3.63, 3.8) is 0 Å². The van der Waals surface area contributed by atoms with Crippen LogP contribution in [0.3, 0.4) is 0 Å². The molecule has 12 aromatic rings. The second-order valence-corrected chi connectivity index (χ2v) is 20.5. The van der Waals surface area contributed by atoms with E-state index in [2.05, 4.69) is 237 Å². The fraction of sp³-hybridized carbons (Fsp3) is 0.0274. The lowest BCUT2D eigenvalue weighted by Gasteiger charge is -2.31. The maximum atomic E-state index is 5.08. The number of rotatable bonds is 6. The Morgan fingerprint density at radius 3 is 0.855 bits per heavy atom. The van der Waals surface area contributed by atoms with E-state index in [4.69, 9.17) is 15.0 Å². The van der Waals surface area contributed by atoms with Crippen LogP contribution in [0.2, 0.25) is 0 Å². The molecule has 0 fully saturated rings. The summed E-state index contributed by atoms with van der Waals surface area (Å²) in [5, 5.41) is 0. The first kappa shape index (κ1) is 42.7. The predicted molar refractivity (Wildman–Crippen MR) is 309 cm³/mol. The Morgan fingerprint density at radius 1 is 0.250 bits per heavy atom. The van der Waals surface area contributed by atoms with Crippen LogP contribution in [0.4, 0.5) is 0 Å². The van der Waals surface area contributed by atoms with Crippen molar-refractivity contribution in [2.75, 3.05) is 0 Å². The molecule has 352 valence electrons. The summed E-state index contributed by atoms with van der Waals surface area (Å²) < 4.78 is 0. The van der Waals surface area contributed by atoms with E-state index in [1.54, 1.807) is 0 Å². The van der Waals surface area contributed by atoms with E-state index in [0.717, 1.165) is 39.0 Å². The fourth-order valence-corrected chi connectivity index (χ4v) is 13.7. The van der Waals surface area contributed by atoms with Crippen molar-refractivity contribution in [2.45, 2.75) is 10.8 Å². The van der Waals surface area contributed by atoms with Gasteiger partial charge in [0.25, 0.3) is 0 Å². The highest BCUT2D eigenvalue weighted by Crippen LogP contribution is 2.65. The number of nitrogens with zero attached hydrogens (tertiary/aromatic N) is 3.